The van der Waals surface area contributed by atoms with Gasteiger partial charge in [-0.15, -0.1) is 0 Å². The van der Waals surface area contributed by atoms with Crippen LogP contribution in [0, 0.1) is 0 Å². The third-order valence-electron chi connectivity index (χ3n) is 4.44. The molecule has 0 atom stereocenters. The first kappa shape index (κ1) is 21.0. The highest BCUT2D eigenvalue weighted by Gasteiger charge is 2.37. The molecule has 2 aromatic heterocycles. The van der Waals surface area contributed by atoms with Gasteiger partial charge < -0.3 is 9.88 Å². The van der Waals surface area contributed by atoms with Crippen molar-refractivity contribution < 1.29 is 21.6 Å². The maximum atomic E-state index is 13.4. The van der Waals surface area contributed by atoms with Crippen molar-refractivity contribution in [3.63, 3.8) is 0 Å². The summed E-state index contributed by atoms with van der Waals surface area (Å²) in [5, 5.41) is 3.01. The summed E-state index contributed by atoms with van der Waals surface area (Å²) >= 11 is 3.23. The second-order valence-electron chi connectivity index (χ2n) is 6.53. The number of rotatable bonds is 4. The van der Waals surface area contributed by atoms with Crippen molar-refractivity contribution >= 4 is 31.9 Å². The fourth-order valence-electron chi connectivity index (χ4n) is 2.93. The lowest BCUT2D eigenvalue weighted by atomic mass is 10.1. The molecule has 2 aromatic rings. The summed E-state index contributed by atoms with van der Waals surface area (Å²) in [5.74, 6) is 0.0401. The maximum absolute atomic E-state index is 13.4. The number of imidazole rings is 1. The third kappa shape index (κ3) is 4.46. The molecule has 0 bridgehead atoms. The Labute approximate surface area is 168 Å². The molecular weight excluding hydrogens is 465 g/mol. The van der Waals surface area contributed by atoms with Crippen molar-refractivity contribution in [3.05, 3.63) is 22.7 Å². The lowest BCUT2D eigenvalue weighted by molar-refractivity contribution is -0.137. The molecule has 13 heteroatoms. The lowest BCUT2D eigenvalue weighted by Gasteiger charge is -2.30. The first-order valence-electron chi connectivity index (χ1n) is 8.30. The van der Waals surface area contributed by atoms with Crippen molar-refractivity contribution in [1.29, 1.82) is 0 Å². The van der Waals surface area contributed by atoms with E-state index in [1.54, 1.807) is 7.05 Å². The number of anilines is 1. The van der Waals surface area contributed by atoms with E-state index >= 15 is 0 Å². The molecule has 0 spiro atoms. The predicted molar refractivity (Wildman–Crippen MR) is 100.0 cm³/mol. The van der Waals surface area contributed by atoms with E-state index in [-0.39, 0.29) is 23.4 Å². The van der Waals surface area contributed by atoms with Crippen LogP contribution in [-0.2, 0) is 23.2 Å². The Morgan fingerprint density at radius 1 is 1.21 bits per heavy atom. The summed E-state index contributed by atoms with van der Waals surface area (Å²) in [6, 6.07) is -0.144. The van der Waals surface area contributed by atoms with Crippen LogP contribution in [0.2, 0.25) is 0 Å². The first-order valence-corrected chi connectivity index (χ1v) is 10.9. The maximum Gasteiger partial charge on any atom is 0.420 e. The molecule has 0 unspecified atom stereocenters. The van der Waals surface area contributed by atoms with Gasteiger partial charge in [-0.1, -0.05) is 0 Å². The average Bonchev–Trinajstić information content (AvgIpc) is 2.93. The number of hydrogen-bond donors (Lipinski definition) is 1. The zero-order chi connectivity index (χ0) is 20.7. The van der Waals surface area contributed by atoms with Crippen LogP contribution in [0.25, 0.3) is 11.4 Å². The van der Waals surface area contributed by atoms with E-state index in [4.69, 9.17) is 0 Å². The molecule has 154 valence electrons. The van der Waals surface area contributed by atoms with Crippen molar-refractivity contribution in [2.45, 2.75) is 25.1 Å². The Bertz CT molecular complexity index is 971. The fourth-order valence-corrected chi connectivity index (χ4v) is 4.18. The van der Waals surface area contributed by atoms with Crippen LogP contribution in [0.5, 0.6) is 0 Å². The minimum atomic E-state index is -4.63. The van der Waals surface area contributed by atoms with Crippen molar-refractivity contribution in [2.24, 2.45) is 7.05 Å². The Kier molecular flexibility index (Phi) is 5.69. The molecule has 3 rings (SSSR count). The number of piperidine rings is 1. The quantitative estimate of drug-likeness (QED) is 0.719. The molecule has 28 heavy (non-hydrogen) atoms. The molecule has 1 N–H and O–H groups in total. The molecule has 0 aromatic carbocycles. The number of aryl methyl sites for hydroxylation is 1. The normalized spacial score (nSPS) is 17.1. The second kappa shape index (κ2) is 7.59. The second-order valence-corrected chi connectivity index (χ2v) is 9.26. The number of nitrogens with one attached hydrogen (secondary N) is 1. The highest BCUT2D eigenvalue weighted by Crippen LogP contribution is 2.37. The van der Waals surface area contributed by atoms with E-state index < -0.39 is 21.8 Å². The molecule has 1 fully saturated rings. The number of hydrogen-bond acceptors (Lipinski definition) is 6. The summed E-state index contributed by atoms with van der Waals surface area (Å²) < 4.78 is 66.6. The molecule has 3 heterocycles. The Morgan fingerprint density at radius 2 is 1.86 bits per heavy atom. The third-order valence-corrected chi connectivity index (χ3v) is 6.68. The van der Waals surface area contributed by atoms with Gasteiger partial charge >= 0.3 is 6.18 Å². The van der Waals surface area contributed by atoms with Gasteiger partial charge in [-0.3, -0.25) is 0 Å². The fraction of sp³-hybridized carbons (Fsp3) is 0.533. The minimum absolute atomic E-state index is 0.0401. The van der Waals surface area contributed by atoms with E-state index in [1.165, 1.54) is 15.2 Å². The highest BCUT2D eigenvalue weighted by atomic mass is 79.9. The lowest BCUT2D eigenvalue weighted by Crippen LogP contribution is -2.42. The van der Waals surface area contributed by atoms with Gasteiger partial charge in [0.05, 0.1) is 12.6 Å². The standard InChI is InChI=1S/C15H18BrF3N6O2S/c1-24-8-21-12(13(24)16)11-10(15(17,18)19)7-20-14(23-11)22-9-3-5-25(6-4-9)28(2,26)27/h7-9H,3-6H2,1-2H3,(H,20,22,23). The molecular formula is C15H18BrF3N6O2S. The molecule has 0 radical (unpaired) electrons. The van der Waals surface area contributed by atoms with E-state index in [1.807, 2.05) is 0 Å². The molecule has 0 saturated carbocycles. The van der Waals surface area contributed by atoms with E-state index in [2.05, 4.69) is 36.2 Å². The van der Waals surface area contributed by atoms with Crippen LogP contribution in [0.1, 0.15) is 18.4 Å². The number of halogens is 4. The average molecular weight is 483 g/mol. The minimum Gasteiger partial charge on any atom is -0.351 e. The SMILES string of the molecule is Cn1cnc(-c2nc(NC3CCN(S(C)(=O)=O)CC3)ncc2C(F)(F)F)c1Br. The van der Waals surface area contributed by atoms with E-state index in [0.717, 1.165) is 12.5 Å². The zero-order valence-corrected chi connectivity index (χ0v) is 17.4. The van der Waals surface area contributed by atoms with Gasteiger partial charge in [-0.25, -0.2) is 27.7 Å². The van der Waals surface area contributed by atoms with Gasteiger partial charge in [0.25, 0.3) is 0 Å². The molecule has 1 saturated heterocycles. The zero-order valence-electron chi connectivity index (χ0n) is 15.0. The van der Waals surface area contributed by atoms with Gasteiger partial charge in [-0.2, -0.15) is 13.2 Å². The van der Waals surface area contributed by atoms with Crippen LogP contribution in [-0.4, -0.2) is 57.6 Å². The van der Waals surface area contributed by atoms with Crippen molar-refractivity contribution in [1.82, 2.24) is 23.8 Å². The van der Waals surface area contributed by atoms with Gasteiger partial charge in [0.2, 0.25) is 16.0 Å². The summed E-state index contributed by atoms with van der Waals surface area (Å²) in [4.78, 5) is 11.9. The van der Waals surface area contributed by atoms with Gasteiger partial charge in [0.1, 0.15) is 21.6 Å². The monoisotopic (exact) mass is 482 g/mol. The van der Waals surface area contributed by atoms with Crippen LogP contribution < -0.4 is 5.32 Å². The Balaban J connectivity index is 1.86. The van der Waals surface area contributed by atoms with E-state index in [0.29, 0.717) is 30.5 Å². The largest absolute Gasteiger partial charge is 0.420 e. The first-order chi connectivity index (χ1) is 13.0. The summed E-state index contributed by atoms with van der Waals surface area (Å²) in [5.41, 5.74) is -1.25. The highest BCUT2D eigenvalue weighted by molar-refractivity contribution is 9.10. The number of nitrogens with zero attached hydrogens (tertiary/aromatic N) is 5. The molecule has 1 aliphatic heterocycles. The molecule has 8 nitrogen and oxygen atoms in total. The molecule has 1 aliphatic rings. The van der Waals surface area contributed by atoms with Crippen molar-refractivity contribution in [2.75, 3.05) is 24.7 Å². The number of sulfonamides is 1. The predicted octanol–water partition coefficient (Wildman–Crippen LogP) is 2.49. The summed E-state index contributed by atoms with van der Waals surface area (Å²) in [6.45, 7) is 0.658. The number of alkyl halides is 3. The van der Waals surface area contributed by atoms with Crippen LogP contribution in [0.4, 0.5) is 19.1 Å². The smallest absolute Gasteiger partial charge is 0.351 e. The Morgan fingerprint density at radius 3 is 2.36 bits per heavy atom. The Hall–Kier alpha value is -1.73. The summed E-state index contributed by atoms with van der Waals surface area (Å²) in [6.07, 6.45) is -0.365. The van der Waals surface area contributed by atoms with Crippen LogP contribution in [0.3, 0.4) is 0 Å². The van der Waals surface area contributed by atoms with Crippen LogP contribution >= 0.6 is 15.9 Å². The van der Waals surface area contributed by atoms with Gasteiger partial charge in [0.15, 0.2) is 0 Å². The van der Waals surface area contributed by atoms with E-state index in [9.17, 15) is 21.6 Å². The van der Waals surface area contributed by atoms with Crippen molar-refractivity contribution in [3.8, 4) is 11.4 Å². The van der Waals surface area contributed by atoms with Crippen LogP contribution in [0.15, 0.2) is 17.1 Å². The topological polar surface area (TPSA) is 93.0 Å². The number of aromatic nitrogens is 4. The molecule has 0 amide bonds. The van der Waals surface area contributed by atoms with Gasteiger partial charge in [-0.05, 0) is 28.8 Å². The molecule has 0 aliphatic carbocycles. The van der Waals surface area contributed by atoms with Gasteiger partial charge in [0, 0.05) is 32.4 Å². The summed E-state index contributed by atoms with van der Waals surface area (Å²) in [7, 11) is -1.61.